The first-order valence-electron chi connectivity index (χ1n) is 5.40. The largest absolute Gasteiger partial charge is 0.355 e. The maximum atomic E-state index is 6.26. The highest BCUT2D eigenvalue weighted by Crippen LogP contribution is 2.32. The van der Waals surface area contributed by atoms with Crippen LogP contribution in [0.4, 0.5) is 5.69 Å². The molecule has 0 bridgehead atoms. The number of halogens is 1. The third kappa shape index (κ3) is 1.97. The van der Waals surface area contributed by atoms with Gasteiger partial charge in [0.05, 0.1) is 22.4 Å². The second-order valence-electron chi connectivity index (χ2n) is 4.00. The van der Waals surface area contributed by atoms with Crippen molar-refractivity contribution in [2.75, 3.05) is 18.4 Å². The van der Waals surface area contributed by atoms with Crippen LogP contribution in [0.2, 0.25) is 5.02 Å². The van der Waals surface area contributed by atoms with Gasteiger partial charge in [0, 0.05) is 13.1 Å². The molecule has 0 saturated carbocycles. The van der Waals surface area contributed by atoms with Crippen molar-refractivity contribution in [3.05, 3.63) is 16.7 Å². The van der Waals surface area contributed by atoms with E-state index in [1.165, 1.54) is 11.7 Å². The normalized spacial score (nSPS) is 16.8. The zero-order valence-corrected chi connectivity index (χ0v) is 10.8. The molecule has 0 aliphatic carbocycles. The minimum absolute atomic E-state index is 0.0418. The lowest BCUT2D eigenvalue weighted by molar-refractivity contribution is 0.621. The van der Waals surface area contributed by atoms with Crippen LogP contribution in [-0.4, -0.2) is 28.1 Å². The summed E-state index contributed by atoms with van der Waals surface area (Å²) in [6, 6.07) is 1.92. The molecule has 0 spiro atoms. The Labute approximate surface area is 108 Å². The average molecular weight is 270 g/mol. The van der Waals surface area contributed by atoms with Crippen LogP contribution >= 0.6 is 23.3 Å². The van der Waals surface area contributed by atoms with Gasteiger partial charge < -0.3 is 5.32 Å². The Balaban J connectivity index is 2.04. The van der Waals surface area contributed by atoms with Gasteiger partial charge in [0.2, 0.25) is 0 Å². The molecule has 0 unspecified atom stereocenters. The van der Waals surface area contributed by atoms with Crippen LogP contribution in [0, 0.1) is 6.92 Å². The van der Waals surface area contributed by atoms with Gasteiger partial charge in [0.15, 0.2) is 0 Å². The summed E-state index contributed by atoms with van der Waals surface area (Å²) >= 11 is 7.47. The molecule has 1 saturated heterocycles. The van der Waals surface area contributed by atoms with E-state index in [2.05, 4.69) is 24.7 Å². The number of hydrogen-bond donors (Lipinski definition) is 3. The lowest BCUT2D eigenvalue weighted by Crippen LogP contribution is -2.38. The van der Waals surface area contributed by atoms with E-state index < -0.39 is 0 Å². The lowest BCUT2D eigenvalue weighted by Gasteiger charge is -2.16. The Morgan fingerprint density at radius 3 is 2.82 bits per heavy atom. The SMILES string of the molecule is Cc1cc(Cl)c(NC2NCCN2)c2nsnc12. The van der Waals surface area contributed by atoms with Crippen LogP contribution in [0.1, 0.15) is 5.56 Å². The molecule has 0 radical (unpaired) electrons. The van der Waals surface area contributed by atoms with Crippen LogP contribution in [0.5, 0.6) is 0 Å². The molecule has 1 aromatic carbocycles. The fraction of sp³-hybridized carbons (Fsp3) is 0.400. The van der Waals surface area contributed by atoms with Gasteiger partial charge >= 0.3 is 0 Å². The predicted molar refractivity (Wildman–Crippen MR) is 70.6 cm³/mol. The fourth-order valence-electron chi connectivity index (χ4n) is 1.94. The molecule has 0 amide bonds. The Kier molecular flexibility index (Phi) is 2.87. The first-order valence-corrected chi connectivity index (χ1v) is 6.51. The molecule has 1 aliphatic rings. The van der Waals surface area contributed by atoms with E-state index in [0.29, 0.717) is 5.02 Å². The average Bonchev–Trinajstić information content (AvgIpc) is 2.95. The Hall–Kier alpha value is -0.950. The summed E-state index contributed by atoms with van der Waals surface area (Å²) in [5.41, 5.74) is 3.65. The zero-order valence-electron chi connectivity index (χ0n) is 9.25. The number of rotatable bonds is 2. The highest BCUT2D eigenvalue weighted by atomic mass is 35.5. The van der Waals surface area contributed by atoms with E-state index in [-0.39, 0.29) is 6.29 Å². The Bertz CT molecular complexity index is 549. The number of aromatic nitrogens is 2. The zero-order chi connectivity index (χ0) is 11.8. The van der Waals surface area contributed by atoms with Crippen molar-refractivity contribution >= 4 is 40.0 Å². The second kappa shape index (κ2) is 4.38. The van der Waals surface area contributed by atoms with Crippen LogP contribution in [0.25, 0.3) is 11.0 Å². The minimum Gasteiger partial charge on any atom is -0.355 e. The number of benzene rings is 1. The third-order valence-corrected chi connectivity index (χ3v) is 3.62. The fourth-order valence-corrected chi connectivity index (χ4v) is 2.86. The first kappa shape index (κ1) is 11.2. The number of anilines is 1. The van der Waals surface area contributed by atoms with Gasteiger partial charge in [-0.15, -0.1) is 0 Å². The highest BCUT2D eigenvalue weighted by Gasteiger charge is 2.18. The summed E-state index contributed by atoms with van der Waals surface area (Å²) in [4.78, 5) is 0. The summed E-state index contributed by atoms with van der Waals surface area (Å²) < 4.78 is 8.60. The van der Waals surface area contributed by atoms with Crippen LogP contribution in [0.3, 0.4) is 0 Å². The molecule has 2 heterocycles. The summed E-state index contributed by atoms with van der Waals surface area (Å²) in [7, 11) is 0. The van der Waals surface area contributed by atoms with Gasteiger partial charge in [-0.25, -0.2) is 0 Å². The van der Waals surface area contributed by atoms with Crippen molar-refractivity contribution in [1.29, 1.82) is 0 Å². The van der Waals surface area contributed by atoms with E-state index in [1.807, 2.05) is 13.0 Å². The number of fused-ring (bicyclic) bond motifs is 1. The molecule has 1 fully saturated rings. The smallest absolute Gasteiger partial charge is 0.132 e. The van der Waals surface area contributed by atoms with Crippen molar-refractivity contribution in [2.45, 2.75) is 13.2 Å². The highest BCUT2D eigenvalue weighted by molar-refractivity contribution is 7.00. The van der Waals surface area contributed by atoms with Gasteiger partial charge in [-0.2, -0.15) is 8.75 Å². The number of aryl methyl sites for hydroxylation is 1. The lowest BCUT2D eigenvalue weighted by atomic mass is 10.2. The number of hydrogen-bond acceptors (Lipinski definition) is 6. The molecule has 3 rings (SSSR count). The standard InChI is InChI=1S/C10H12ClN5S/c1-5-4-6(11)8(9-7(5)15-17-16-9)14-10-12-2-3-13-10/h4,10,12-14H,2-3H2,1H3. The van der Waals surface area contributed by atoms with E-state index in [0.717, 1.165) is 35.4 Å². The maximum absolute atomic E-state index is 6.26. The quantitative estimate of drug-likeness (QED) is 0.772. The molecule has 17 heavy (non-hydrogen) atoms. The third-order valence-electron chi connectivity index (χ3n) is 2.79. The van der Waals surface area contributed by atoms with Gasteiger partial charge in [-0.1, -0.05) is 11.6 Å². The monoisotopic (exact) mass is 269 g/mol. The van der Waals surface area contributed by atoms with E-state index >= 15 is 0 Å². The molecular weight excluding hydrogens is 258 g/mol. The molecule has 1 aromatic heterocycles. The maximum Gasteiger partial charge on any atom is 0.132 e. The van der Waals surface area contributed by atoms with Crippen molar-refractivity contribution in [3.63, 3.8) is 0 Å². The molecule has 5 nitrogen and oxygen atoms in total. The van der Waals surface area contributed by atoms with Crippen LogP contribution < -0.4 is 16.0 Å². The number of nitrogens with zero attached hydrogens (tertiary/aromatic N) is 2. The van der Waals surface area contributed by atoms with Crippen molar-refractivity contribution in [2.24, 2.45) is 0 Å². The van der Waals surface area contributed by atoms with Gasteiger partial charge in [0.25, 0.3) is 0 Å². The molecule has 90 valence electrons. The molecule has 0 atom stereocenters. The topological polar surface area (TPSA) is 61.9 Å². The van der Waals surface area contributed by atoms with E-state index in [1.54, 1.807) is 0 Å². The summed E-state index contributed by atoms with van der Waals surface area (Å²) in [6.45, 7) is 3.88. The van der Waals surface area contributed by atoms with Gasteiger partial charge in [0.1, 0.15) is 17.3 Å². The number of nitrogens with one attached hydrogen (secondary N) is 3. The van der Waals surface area contributed by atoms with Crippen molar-refractivity contribution in [3.8, 4) is 0 Å². The minimum atomic E-state index is 0.0418. The molecule has 3 N–H and O–H groups in total. The Morgan fingerprint density at radius 2 is 2.06 bits per heavy atom. The van der Waals surface area contributed by atoms with Gasteiger partial charge in [-0.05, 0) is 18.6 Å². The van der Waals surface area contributed by atoms with Gasteiger partial charge in [-0.3, -0.25) is 10.6 Å². The van der Waals surface area contributed by atoms with E-state index in [4.69, 9.17) is 11.6 Å². The van der Waals surface area contributed by atoms with Crippen molar-refractivity contribution in [1.82, 2.24) is 19.4 Å². The Morgan fingerprint density at radius 1 is 1.35 bits per heavy atom. The summed E-state index contributed by atoms with van der Waals surface area (Å²) in [5, 5.41) is 10.6. The van der Waals surface area contributed by atoms with E-state index in [9.17, 15) is 0 Å². The second-order valence-corrected chi connectivity index (χ2v) is 4.93. The molecule has 7 heteroatoms. The summed E-state index contributed by atoms with van der Waals surface area (Å²) in [6.07, 6.45) is 0.0418. The first-order chi connectivity index (χ1) is 8.25. The van der Waals surface area contributed by atoms with Crippen LogP contribution in [-0.2, 0) is 0 Å². The van der Waals surface area contributed by atoms with Crippen molar-refractivity contribution < 1.29 is 0 Å². The molecule has 1 aliphatic heterocycles. The molecule has 2 aromatic rings. The summed E-state index contributed by atoms with van der Waals surface area (Å²) in [5.74, 6) is 0. The van der Waals surface area contributed by atoms with Crippen LogP contribution in [0.15, 0.2) is 6.07 Å². The molecular formula is C10H12ClN5S. The predicted octanol–water partition coefficient (Wildman–Crippen LogP) is 1.54.